The molecule has 0 atom stereocenters. The van der Waals surface area contributed by atoms with Crippen LogP contribution in [0.3, 0.4) is 0 Å². The van der Waals surface area contributed by atoms with Gasteiger partial charge in [0.1, 0.15) is 22.3 Å². The van der Waals surface area contributed by atoms with Crippen molar-refractivity contribution < 1.29 is 0 Å². The highest BCUT2D eigenvalue weighted by atomic mass is 32.2. The number of nitrogen functional groups attached to an aromatic ring is 1. The molecule has 1 aliphatic rings. The number of aromatic nitrogens is 5. The molecule has 0 bridgehead atoms. The summed E-state index contributed by atoms with van der Waals surface area (Å²) in [5, 5.41) is 10.9. The topological polar surface area (TPSA) is 82.5 Å². The molecule has 0 fully saturated rings. The third-order valence-electron chi connectivity index (χ3n) is 5.78. The van der Waals surface area contributed by atoms with Crippen molar-refractivity contribution in [2.75, 3.05) is 5.73 Å². The van der Waals surface area contributed by atoms with Gasteiger partial charge in [0, 0.05) is 17.8 Å². The number of benzene rings is 1. The summed E-state index contributed by atoms with van der Waals surface area (Å²) in [5.41, 5.74) is 9.03. The van der Waals surface area contributed by atoms with Crippen LogP contribution in [0.2, 0.25) is 0 Å². The third-order valence-corrected chi connectivity index (χ3v) is 7.93. The van der Waals surface area contributed by atoms with Crippen LogP contribution in [0.15, 0.2) is 35.5 Å². The number of nitrogens with zero attached hydrogens (tertiary/aromatic N) is 5. The van der Waals surface area contributed by atoms with E-state index in [9.17, 15) is 0 Å². The van der Waals surface area contributed by atoms with Crippen molar-refractivity contribution in [3.8, 4) is 0 Å². The first-order chi connectivity index (χ1) is 15.2. The average molecular weight is 451 g/mol. The quantitative estimate of drug-likeness (QED) is 0.327. The maximum Gasteiger partial charge on any atom is 0.191 e. The highest BCUT2D eigenvalue weighted by Gasteiger charge is 2.20. The number of hydrogen-bond donors (Lipinski definition) is 1. The highest BCUT2D eigenvalue weighted by Crippen LogP contribution is 2.37. The van der Waals surface area contributed by atoms with Crippen LogP contribution in [0.5, 0.6) is 0 Å². The second kappa shape index (κ2) is 8.96. The summed E-state index contributed by atoms with van der Waals surface area (Å²) in [4.78, 5) is 12.0. The molecule has 0 saturated heterocycles. The molecular weight excluding hydrogens is 424 g/mol. The minimum absolute atomic E-state index is 0.627. The normalized spacial score (nSPS) is 14.0. The van der Waals surface area contributed by atoms with Gasteiger partial charge in [0.25, 0.3) is 0 Å². The van der Waals surface area contributed by atoms with Crippen LogP contribution in [0, 0.1) is 0 Å². The lowest BCUT2D eigenvalue weighted by Crippen LogP contribution is -2.05. The fourth-order valence-electron chi connectivity index (χ4n) is 4.25. The molecule has 160 valence electrons. The summed E-state index contributed by atoms with van der Waals surface area (Å²) >= 11 is 3.43. The molecule has 3 aromatic heterocycles. The summed E-state index contributed by atoms with van der Waals surface area (Å²) in [5.74, 6) is 3.00. The van der Waals surface area contributed by atoms with Crippen LogP contribution in [0.4, 0.5) is 5.82 Å². The van der Waals surface area contributed by atoms with Gasteiger partial charge in [-0.3, -0.25) is 0 Å². The highest BCUT2D eigenvalue weighted by molar-refractivity contribution is 7.98. The minimum Gasteiger partial charge on any atom is -0.383 e. The monoisotopic (exact) mass is 450 g/mol. The van der Waals surface area contributed by atoms with Gasteiger partial charge in [-0.1, -0.05) is 48.5 Å². The Labute approximate surface area is 190 Å². The van der Waals surface area contributed by atoms with Gasteiger partial charge in [-0.25, -0.2) is 9.97 Å². The number of fused-ring (bicyclic) bond motifs is 3. The van der Waals surface area contributed by atoms with E-state index < -0.39 is 0 Å². The Kier molecular flexibility index (Phi) is 5.91. The van der Waals surface area contributed by atoms with E-state index in [0.29, 0.717) is 11.6 Å². The number of thiophene rings is 1. The Balaban J connectivity index is 1.36. The number of anilines is 1. The molecule has 2 N–H and O–H groups in total. The Morgan fingerprint density at radius 1 is 1.06 bits per heavy atom. The summed E-state index contributed by atoms with van der Waals surface area (Å²) in [6, 6.07) is 10.4. The van der Waals surface area contributed by atoms with Crippen molar-refractivity contribution in [3.63, 3.8) is 0 Å². The van der Waals surface area contributed by atoms with E-state index in [0.717, 1.165) is 52.8 Å². The molecule has 0 aliphatic heterocycles. The Morgan fingerprint density at radius 2 is 1.90 bits per heavy atom. The Hall–Kier alpha value is -2.45. The van der Waals surface area contributed by atoms with Crippen molar-refractivity contribution in [1.82, 2.24) is 24.7 Å². The predicted molar refractivity (Wildman–Crippen MR) is 128 cm³/mol. The third kappa shape index (κ3) is 4.19. The van der Waals surface area contributed by atoms with E-state index in [1.165, 1.54) is 35.3 Å². The number of nitrogens with two attached hydrogens (primary N) is 1. The molecule has 0 amide bonds. The molecule has 1 aliphatic carbocycles. The van der Waals surface area contributed by atoms with Gasteiger partial charge in [-0.05, 0) is 43.7 Å². The van der Waals surface area contributed by atoms with Crippen molar-refractivity contribution >= 4 is 39.1 Å². The molecule has 0 saturated carbocycles. The van der Waals surface area contributed by atoms with Gasteiger partial charge in [-0.15, -0.1) is 21.5 Å². The zero-order valence-corrected chi connectivity index (χ0v) is 19.3. The van der Waals surface area contributed by atoms with E-state index in [-0.39, 0.29) is 0 Å². The minimum atomic E-state index is 0.627. The lowest BCUT2D eigenvalue weighted by molar-refractivity contribution is 0.651. The van der Waals surface area contributed by atoms with Gasteiger partial charge in [0.2, 0.25) is 0 Å². The molecule has 0 radical (unpaired) electrons. The first-order valence-corrected chi connectivity index (χ1v) is 12.7. The SMILES string of the molecule is CCn1c(Cc2ccccc2)nnc1SCc1nc(N)c2c3c(sc2n1)CCCCC3. The number of aryl methyl sites for hydroxylation is 2. The van der Waals surface area contributed by atoms with Gasteiger partial charge >= 0.3 is 0 Å². The average Bonchev–Trinajstić information content (AvgIpc) is 3.25. The smallest absolute Gasteiger partial charge is 0.191 e. The molecule has 5 rings (SSSR count). The molecule has 3 heterocycles. The first-order valence-electron chi connectivity index (χ1n) is 10.9. The fraction of sp³-hybridized carbons (Fsp3) is 0.391. The number of rotatable bonds is 6. The molecule has 8 heteroatoms. The Bertz CT molecular complexity index is 1200. The van der Waals surface area contributed by atoms with Crippen LogP contribution in [-0.4, -0.2) is 24.7 Å². The van der Waals surface area contributed by atoms with Crippen molar-refractivity contribution in [3.05, 3.63) is 58.0 Å². The summed E-state index contributed by atoms with van der Waals surface area (Å²) in [7, 11) is 0. The van der Waals surface area contributed by atoms with Crippen LogP contribution < -0.4 is 5.73 Å². The lowest BCUT2D eigenvalue weighted by atomic mass is 10.1. The van der Waals surface area contributed by atoms with Crippen LogP contribution in [0.1, 0.15) is 53.8 Å². The lowest BCUT2D eigenvalue weighted by Gasteiger charge is -2.08. The van der Waals surface area contributed by atoms with Crippen molar-refractivity contribution in [1.29, 1.82) is 0 Å². The van der Waals surface area contributed by atoms with E-state index in [2.05, 4.69) is 50.9 Å². The maximum absolute atomic E-state index is 6.40. The largest absolute Gasteiger partial charge is 0.383 e. The molecule has 0 spiro atoms. The van der Waals surface area contributed by atoms with Crippen LogP contribution in [-0.2, 0) is 31.6 Å². The molecule has 1 aromatic carbocycles. The van der Waals surface area contributed by atoms with E-state index in [4.69, 9.17) is 10.7 Å². The molecule has 6 nitrogen and oxygen atoms in total. The molecule has 31 heavy (non-hydrogen) atoms. The van der Waals surface area contributed by atoms with E-state index in [1.807, 2.05) is 6.07 Å². The molecule has 4 aromatic rings. The zero-order valence-electron chi connectivity index (χ0n) is 17.7. The number of thioether (sulfide) groups is 1. The summed E-state index contributed by atoms with van der Waals surface area (Å²) in [6.07, 6.45) is 6.80. The maximum atomic E-state index is 6.40. The van der Waals surface area contributed by atoms with Crippen molar-refractivity contribution in [2.24, 2.45) is 0 Å². The summed E-state index contributed by atoms with van der Waals surface area (Å²) in [6.45, 7) is 2.96. The first kappa shape index (κ1) is 20.5. The van der Waals surface area contributed by atoms with Crippen LogP contribution >= 0.6 is 23.1 Å². The second-order valence-electron chi connectivity index (χ2n) is 7.86. The standard InChI is InChI=1S/C23H26N6S2/c1-2-29-19(13-15-9-5-3-6-10-15)27-28-23(29)30-14-18-25-21(24)20-16-11-7-4-8-12-17(16)31-22(20)26-18/h3,5-6,9-10H,2,4,7-8,11-14H2,1H3,(H2,24,25,26). The zero-order chi connectivity index (χ0) is 21.2. The van der Waals surface area contributed by atoms with Gasteiger partial charge in [0.15, 0.2) is 5.16 Å². The van der Waals surface area contributed by atoms with E-state index in [1.54, 1.807) is 23.1 Å². The Morgan fingerprint density at radius 3 is 2.74 bits per heavy atom. The van der Waals surface area contributed by atoms with Crippen molar-refractivity contribution in [2.45, 2.75) is 62.9 Å². The summed E-state index contributed by atoms with van der Waals surface area (Å²) < 4.78 is 2.17. The van der Waals surface area contributed by atoms with Gasteiger partial charge in [0.05, 0.1) is 11.1 Å². The van der Waals surface area contributed by atoms with Gasteiger partial charge in [-0.2, -0.15) is 0 Å². The van der Waals surface area contributed by atoms with Gasteiger partial charge < -0.3 is 10.3 Å². The predicted octanol–water partition coefficient (Wildman–Crippen LogP) is 5.04. The number of hydrogen-bond acceptors (Lipinski definition) is 7. The molecular formula is C23H26N6S2. The van der Waals surface area contributed by atoms with Crippen LogP contribution in [0.25, 0.3) is 10.2 Å². The fourth-order valence-corrected chi connectivity index (χ4v) is 6.42. The van der Waals surface area contributed by atoms with E-state index >= 15 is 0 Å². The molecule has 0 unspecified atom stereocenters. The second-order valence-corrected chi connectivity index (χ2v) is 9.89.